The fourth-order valence-electron chi connectivity index (χ4n) is 1.93. The highest BCUT2D eigenvalue weighted by Gasteiger charge is 2.12. The Morgan fingerprint density at radius 1 is 0.889 bits per heavy atom. The van der Waals surface area contributed by atoms with Crippen LogP contribution in [0.2, 0.25) is 0 Å². The summed E-state index contributed by atoms with van der Waals surface area (Å²) in [6.07, 6.45) is 13.3. The lowest BCUT2D eigenvalue weighted by Crippen LogP contribution is -2.20. The van der Waals surface area contributed by atoms with Gasteiger partial charge in [0.15, 0.2) is 0 Å². The molecule has 1 rings (SSSR count). The van der Waals surface area contributed by atoms with E-state index in [0.29, 0.717) is 0 Å². The molecule has 0 heterocycles. The number of carbonyl (C=O) groups is 2. The minimum Gasteiger partial charge on any atom is -0.385 e. The van der Waals surface area contributed by atoms with Gasteiger partial charge in [-0.25, -0.2) is 0 Å². The Hall–Kier alpha value is -1.38. The van der Waals surface area contributed by atoms with Crippen LogP contribution >= 0.6 is 0 Å². The van der Waals surface area contributed by atoms with Gasteiger partial charge in [0, 0.05) is 18.3 Å². The van der Waals surface area contributed by atoms with E-state index in [1.54, 1.807) is 6.08 Å². The normalized spacial score (nSPS) is 14.8. The highest BCUT2D eigenvalue weighted by atomic mass is 16.2. The fourth-order valence-corrected chi connectivity index (χ4v) is 1.93. The molecule has 0 spiro atoms. The molecule has 0 aromatic carbocycles. The minimum absolute atomic E-state index is 0.431. The van der Waals surface area contributed by atoms with E-state index in [-0.39, 0.29) is 0 Å². The Morgan fingerprint density at radius 3 is 2.22 bits per heavy atom. The van der Waals surface area contributed by atoms with E-state index < -0.39 is 11.6 Å². The van der Waals surface area contributed by atoms with E-state index in [4.69, 9.17) is 0 Å². The van der Waals surface area contributed by atoms with Crippen molar-refractivity contribution in [2.24, 2.45) is 0 Å². The summed E-state index contributed by atoms with van der Waals surface area (Å²) < 4.78 is 0. The molecule has 100 valence electrons. The Morgan fingerprint density at radius 2 is 1.56 bits per heavy atom. The van der Waals surface area contributed by atoms with Crippen molar-refractivity contribution < 1.29 is 9.59 Å². The van der Waals surface area contributed by atoms with Gasteiger partial charge in [-0.15, -0.1) is 0 Å². The molecule has 0 bridgehead atoms. The average molecular weight is 249 g/mol. The van der Waals surface area contributed by atoms with Crippen LogP contribution in [-0.2, 0) is 9.59 Å². The predicted molar refractivity (Wildman–Crippen MR) is 73.2 cm³/mol. The molecule has 0 radical (unpaired) electrons. The summed E-state index contributed by atoms with van der Waals surface area (Å²) in [7, 11) is 0. The van der Waals surface area contributed by atoms with Gasteiger partial charge in [-0.1, -0.05) is 45.4 Å². The van der Waals surface area contributed by atoms with E-state index in [0.717, 1.165) is 18.7 Å². The molecule has 0 amide bonds. The van der Waals surface area contributed by atoms with Crippen molar-refractivity contribution in [2.45, 2.75) is 51.9 Å². The summed E-state index contributed by atoms with van der Waals surface area (Å²) in [5.41, 5.74) is 0.755. The first-order valence-corrected chi connectivity index (χ1v) is 6.96. The van der Waals surface area contributed by atoms with Gasteiger partial charge in [0.25, 0.3) is 0 Å². The first-order chi connectivity index (χ1) is 8.74. The van der Waals surface area contributed by atoms with Crippen LogP contribution in [0.1, 0.15) is 51.9 Å². The van der Waals surface area contributed by atoms with Gasteiger partial charge in [0.05, 0.1) is 0 Å². The second-order valence-electron chi connectivity index (χ2n) is 4.71. The summed E-state index contributed by atoms with van der Waals surface area (Å²) >= 11 is 0. The number of nitrogens with one attached hydrogen (secondary N) is 1. The van der Waals surface area contributed by atoms with E-state index in [1.807, 2.05) is 0 Å². The molecular weight excluding hydrogens is 226 g/mol. The van der Waals surface area contributed by atoms with Crippen LogP contribution < -0.4 is 5.32 Å². The number of unbranched alkanes of at least 4 members (excludes halogenated alkanes) is 6. The first kappa shape index (κ1) is 14.7. The van der Waals surface area contributed by atoms with E-state index in [2.05, 4.69) is 12.2 Å². The van der Waals surface area contributed by atoms with Gasteiger partial charge in [-0.05, 0) is 18.6 Å². The SMILES string of the molecule is CCCCCCCCCNC1=CC(=O)C(=O)C=C1. The number of ketones is 2. The third-order valence-corrected chi connectivity index (χ3v) is 3.05. The molecule has 3 heteroatoms. The van der Waals surface area contributed by atoms with Crippen LogP contribution in [0.15, 0.2) is 23.9 Å². The number of hydrogen-bond acceptors (Lipinski definition) is 3. The maximum Gasteiger partial charge on any atom is 0.227 e. The Bertz CT molecular complexity index is 342. The highest BCUT2D eigenvalue weighted by Crippen LogP contribution is 2.07. The molecule has 18 heavy (non-hydrogen) atoms. The maximum atomic E-state index is 11.1. The zero-order chi connectivity index (χ0) is 13.2. The van der Waals surface area contributed by atoms with Crippen molar-refractivity contribution in [3.8, 4) is 0 Å². The minimum atomic E-state index is -0.434. The summed E-state index contributed by atoms with van der Waals surface area (Å²) in [4.78, 5) is 22.1. The number of hydrogen-bond donors (Lipinski definition) is 1. The third kappa shape index (κ3) is 5.80. The van der Waals surface area contributed by atoms with Crippen LogP contribution in [0, 0.1) is 0 Å². The molecule has 0 saturated carbocycles. The lowest BCUT2D eigenvalue weighted by Gasteiger charge is -2.09. The molecule has 3 nitrogen and oxygen atoms in total. The molecule has 0 aromatic heterocycles. The number of rotatable bonds is 9. The molecule has 1 N–H and O–H groups in total. The van der Waals surface area contributed by atoms with Crippen molar-refractivity contribution in [1.82, 2.24) is 5.32 Å². The van der Waals surface area contributed by atoms with E-state index in [9.17, 15) is 9.59 Å². The molecule has 0 aliphatic heterocycles. The van der Waals surface area contributed by atoms with Crippen LogP contribution in [0.3, 0.4) is 0 Å². The molecular formula is C15H23NO2. The van der Waals surface area contributed by atoms with Crippen LogP contribution in [0.25, 0.3) is 0 Å². The standard InChI is InChI=1S/C15H23NO2/c1-2-3-4-5-6-7-8-11-16-13-9-10-14(17)15(18)12-13/h9-10,12,16H,2-8,11H2,1H3. The van der Waals surface area contributed by atoms with E-state index >= 15 is 0 Å². The van der Waals surface area contributed by atoms with E-state index in [1.165, 1.54) is 50.7 Å². The summed E-state index contributed by atoms with van der Waals surface area (Å²) in [6, 6.07) is 0. The summed E-state index contributed by atoms with van der Waals surface area (Å²) in [6.45, 7) is 3.09. The molecule has 1 aliphatic carbocycles. The van der Waals surface area contributed by atoms with Crippen LogP contribution in [-0.4, -0.2) is 18.1 Å². The van der Waals surface area contributed by atoms with Crippen molar-refractivity contribution in [3.05, 3.63) is 23.9 Å². The Balaban J connectivity index is 2.02. The molecule has 0 saturated heterocycles. The number of carbonyl (C=O) groups excluding carboxylic acids is 2. The Labute approximate surface area is 109 Å². The molecule has 0 atom stereocenters. The molecule has 1 aliphatic rings. The van der Waals surface area contributed by atoms with Crippen molar-refractivity contribution >= 4 is 11.6 Å². The third-order valence-electron chi connectivity index (χ3n) is 3.05. The van der Waals surface area contributed by atoms with Crippen LogP contribution in [0.4, 0.5) is 0 Å². The lowest BCUT2D eigenvalue weighted by atomic mass is 10.1. The topological polar surface area (TPSA) is 46.2 Å². The summed E-state index contributed by atoms with van der Waals surface area (Å²) in [5, 5.41) is 3.18. The summed E-state index contributed by atoms with van der Waals surface area (Å²) in [5.74, 6) is -0.865. The quantitative estimate of drug-likeness (QED) is 0.388. The van der Waals surface area contributed by atoms with Gasteiger partial charge in [-0.2, -0.15) is 0 Å². The number of allylic oxidation sites excluding steroid dienone is 3. The monoisotopic (exact) mass is 249 g/mol. The molecule has 0 unspecified atom stereocenters. The van der Waals surface area contributed by atoms with Crippen molar-refractivity contribution in [3.63, 3.8) is 0 Å². The zero-order valence-electron chi connectivity index (χ0n) is 11.2. The first-order valence-electron chi connectivity index (χ1n) is 6.96. The second kappa shape index (κ2) is 8.67. The Kier molecular flexibility index (Phi) is 7.07. The zero-order valence-corrected chi connectivity index (χ0v) is 11.2. The van der Waals surface area contributed by atoms with Crippen molar-refractivity contribution in [2.75, 3.05) is 6.54 Å². The smallest absolute Gasteiger partial charge is 0.227 e. The van der Waals surface area contributed by atoms with Gasteiger partial charge in [-0.3, -0.25) is 9.59 Å². The van der Waals surface area contributed by atoms with Gasteiger partial charge >= 0.3 is 0 Å². The van der Waals surface area contributed by atoms with Crippen molar-refractivity contribution in [1.29, 1.82) is 0 Å². The van der Waals surface area contributed by atoms with Gasteiger partial charge in [0.1, 0.15) is 0 Å². The second-order valence-corrected chi connectivity index (χ2v) is 4.71. The van der Waals surface area contributed by atoms with Gasteiger partial charge in [0.2, 0.25) is 11.6 Å². The molecule has 0 fully saturated rings. The predicted octanol–water partition coefficient (Wildman–Crippen LogP) is 2.92. The molecule has 0 aromatic rings. The largest absolute Gasteiger partial charge is 0.385 e. The highest BCUT2D eigenvalue weighted by molar-refractivity contribution is 6.46. The maximum absolute atomic E-state index is 11.1. The van der Waals surface area contributed by atoms with Crippen LogP contribution in [0.5, 0.6) is 0 Å². The average Bonchev–Trinajstić information content (AvgIpc) is 2.37. The van der Waals surface area contributed by atoms with Gasteiger partial charge < -0.3 is 5.32 Å². The fraction of sp³-hybridized carbons (Fsp3) is 0.600. The lowest BCUT2D eigenvalue weighted by molar-refractivity contribution is -0.131.